The molecular formula is C58H39NO. The Morgan fingerprint density at radius 1 is 0.300 bits per heavy atom. The van der Waals surface area contributed by atoms with Crippen molar-refractivity contribution in [3.8, 4) is 22.3 Å². The first-order chi connectivity index (χ1) is 29.8. The van der Waals surface area contributed by atoms with Crippen molar-refractivity contribution in [2.75, 3.05) is 4.90 Å². The zero-order valence-corrected chi connectivity index (χ0v) is 32.9. The van der Waals surface area contributed by atoms with E-state index in [1.807, 2.05) is 0 Å². The van der Waals surface area contributed by atoms with E-state index in [0.29, 0.717) is 0 Å². The van der Waals surface area contributed by atoms with Crippen molar-refractivity contribution in [3.63, 3.8) is 0 Å². The van der Waals surface area contributed by atoms with E-state index in [-0.39, 0.29) is 0 Å². The number of benzene rings is 9. The fraction of sp³-hybridized carbons (Fsp3) is 0.0345. The summed E-state index contributed by atoms with van der Waals surface area (Å²) in [6.45, 7) is 0. The number of nitrogens with zero attached hydrogens (tertiary/aromatic N) is 1. The minimum absolute atomic E-state index is 0.528. The molecule has 0 radical (unpaired) electrons. The Bertz CT molecular complexity index is 2940. The van der Waals surface area contributed by atoms with Gasteiger partial charge in [-0.1, -0.05) is 182 Å². The van der Waals surface area contributed by atoms with Crippen molar-refractivity contribution >= 4 is 28.0 Å². The normalized spacial score (nSPS) is 13.9. The summed E-state index contributed by atoms with van der Waals surface area (Å²) < 4.78 is 5.89. The lowest BCUT2D eigenvalue weighted by Gasteiger charge is -2.36. The highest BCUT2D eigenvalue weighted by atomic mass is 16.3. The summed E-state index contributed by atoms with van der Waals surface area (Å²) in [5.41, 5.74) is 18.2. The molecule has 2 heteroatoms. The Balaban J connectivity index is 1.15. The maximum absolute atomic E-state index is 5.89. The third-order valence-corrected chi connectivity index (χ3v) is 13.1. The lowest BCUT2D eigenvalue weighted by molar-refractivity contribution is 0.616. The molecule has 12 rings (SSSR count). The third-order valence-electron chi connectivity index (χ3n) is 13.1. The van der Waals surface area contributed by atoms with Crippen molar-refractivity contribution in [2.24, 2.45) is 0 Å². The molecule has 9 aromatic carbocycles. The topological polar surface area (TPSA) is 16.4 Å². The van der Waals surface area contributed by atoms with Crippen LogP contribution in [-0.2, 0) is 10.8 Å². The maximum Gasteiger partial charge on any atom is 0.133 e. The van der Waals surface area contributed by atoms with Gasteiger partial charge in [0, 0.05) is 22.4 Å². The van der Waals surface area contributed by atoms with Crippen LogP contribution < -0.4 is 4.90 Å². The maximum atomic E-state index is 5.89. The third kappa shape index (κ3) is 4.82. The molecule has 60 heavy (non-hydrogen) atoms. The van der Waals surface area contributed by atoms with Gasteiger partial charge >= 0.3 is 0 Å². The fourth-order valence-corrected chi connectivity index (χ4v) is 10.7. The van der Waals surface area contributed by atoms with Crippen molar-refractivity contribution in [1.82, 2.24) is 0 Å². The predicted octanol–water partition coefficient (Wildman–Crippen LogP) is 14.6. The molecule has 2 aliphatic carbocycles. The summed E-state index contributed by atoms with van der Waals surface area (Å²) in [7, 11) is 0. The van der Waals surface area contributed by atoms with E-state index < -0.39 is 10.8 Å². The quantitative estimate of drug-likeness (QED) is 0.161. The van der Waals surface area contributed by atoms with Gasteiger partial charge in [0.15, 0.2) is 0 Å². The first kappa shape index (κ1) is 34.4. The molecule has 282 valence electrons. The van der Waals surface area contributed by atoms with Crippen LogP contribution in [0.4, 0.5) is 17.1 Å². The van der Waals surface area contributed by atoms with Gasteiger partial charge in [0.05, 0.1) is 17.1 Å². The average Bonchev–Trinajstić information content (AvgIpc) is 4.00. The average molecular weight is 766 g/mol. The number of anilines is 3. The second kappa shape index (κ2) is 13.4. The number of hydrogen-bond acceptors (Lipinski definition) is 2. The van der Waals surface area contributed by atoms with Crippen LogP contribution in [0.3, 0.4) is 0 Å². The number of fused-ring (bicyclic) bond motifs is 7. The molecule has 0 spiro atoms. The number of hydrogen-bond donors (Lipinski definition) is 0. The van der Waals surface area contributed by atoms with Crippen LogP contribution in [0.15, 0.2) is 241 Å². The van der Waals surface area contributed by atoms with Crippen LogP contribution >= 0.6 is 0 Å². The molecule has 0 amide bonds. The summed E-state index contributed by atoms with van der Waals surface area (Å²) in [6, 6.07) is 85.0. The van der Waals surface area contributed by atoms with Crippen LogP contribution in [0.25, 0.3) is 33.2 Å². The van der Waals surface area contributed by atoms with Gasteiger partial charge in [-0.15, -0.1) is 0 Å². The smallest absolute Gasteiger partial charge is 0.133 e. The summed E-state index contributed by atoms with van der Waals surface area (Å²) >= 11 is 0. The van der Waals surface area contributed by atoms with Crippen LogP contribution in [0.1, 0.15) is 44.5 Å². The van der Waals surface area contributed by atoms with Crippen molar-refractivity contribution in [1.29, 1.82) is 0 Å². The van der Waals surface area contributed by atoms with E-state index in [1.165, 1.54) is 66.8 Å². The lowest BCUT2D eigenvalue weighted by Crippen LogP contribution is -2.29. The lowest BCUT2D eigenvalue weighted by atomic mass is 9.67. The molecule has 0 saturated heterocycles. The Morgan fingerprint density at radius 3 is 1.12 bits per heavy atom. The van der Waals surface area contributed by atoms with Gasteiger partial charge in [0.1, 0.15) is 5.58 Å². The zero-order valence-electron chi connectivity index (χ0n) is 32.9. The molecule has 0 bridgehead atoms. The first-order valence-corrected chi connectivity index (χ1v) is 20.7. The minimum atomic E-state index is -0.528. The van der Waals surface area contributed by atoms with Gasteiger partial charge < -0.3 is 9.32 Å². The molecule has 2 nitrogen and oxygen atoms in total. The van der Waals surface area contributed by atoms with E-state index in [9.17, 15) is 0 Å². The molecule has 10 aromatic rings. The molecule has 0 saturated carbocycles. The largest absolute Gasteiger partial charge is 0.464 e. The van der Waals surface area contributed by atoms with Crippen molar-refractivity contribution < 1.29 is 4.42 Å². The molecule has 0 atom stereocenters. The molecule has 2 aliphatic rings. The first-order valence-electron chi connectivity index (χ1n) is 20.7. The highest BCUT2D eigenvalue weighted by Crippen LogP contribution is 2.59. The molecule has 1 heterocycles. The van der Waals surface area contributed by atoms with E-state index in [4.69, 9.17) is 4.42 Å². The van der Waals surface area contributed by atoms with Crippen molar-refractivity contribution in [2.45, 2.75) is 10.8 Å². The second-order valence-corrected chi connectivity index (χ2v) is 16.0. The van der Waals surface area contributed by atoms with E-state index >= 15 is 0 Å². The van der Waals surface area contributed by atoms with Crippen molar-refractivity contribution in [3.05, 3.63) is 281 Å². The molecule has 0 unspecified atom stereocenters. The highest BCUT2D eigenvalue weighted by molar-refractivity contribution is 5.93. The number of furan rings is 1. The Morgan fingerprint density at radius 2 is 0.667 bits per heavy atom. The Kier molecular flexibility index (Phi) is 7.70. The Hall–Kier alpha value is -7.68. The molecular weight excluding hydrogens is 727 g/mol. The molecule has 1 aromatic heterocycles. The van der Waals surface area contributed by atoms with Crippen LogP contribution in [-0.4, -0.2) is 0 Å². The summed E-state index contributed by atoms with van der Waals surface area (Å²) in [5.74, 6) is 0. The van der Waals surface area contributed by atoms with Gasteiger partial charge in [0.25, 0.3) is 0 Å². The van der Waals surface area contributed by atoms with E-state index in [1.54, 1.807) is 6.26 Å². The monoisotopic (exact) mass is 765 g/mol. The molecule has 0 aliphatic heterocycles. The summed E-state index contributed by atoms with van der Waals surface area (Å²) in [4.78, 5) is 2.44. The van der Waals surface area contributed by atoms with Gasteiger partial charge in [-0.2, -0.15) is 0 Å². The highest BCUT2D eigenvalue weighted by Gasteiger charge is 2.48. The summed E-state index contributed by atoms with van der Waals surface area (Å²) in [6.07, 6.45) is 1.78. The SMILES string of the molecule is c1ccc(C2(c3ccccc3)c3ccccc3-c3ccc(N(c4ccc5c(c4)C(c4ccccc4)(c4ccccc4)c4ccccc4-5)c4ccc5occc5c4)cc32)cc1. The molecule has 0 fully saturated rings. The van der Waals surface area contributed by atoms with Gasteiger partial charge in [0.2, 0.25) is 0 Å². The van der Waals surface area contributed by atoms with E-state index in [2.05, 4.69) is 235 Å². The fourth-order valence-electron chi connectivity index (χ4n) is 10.7. The second-order valence-electron chi connectivity index (χ2n) is 16.0. The van der Waals surface area contributed by atoms with E-state index in [0.717, 1.165) is 28.0 Å². The van der Waals surface area contributed by atoms with Gasteiger partial charge in [-0.3, -0.25) is 0 Å². The zero-order chi connectivity index (χ0) is 39.7. The summed E-state index contributed by atoms with van der Waals surface area (Å²) in [5, 5.41) is 1.06. The number of rotatable bonds is 7. The standard InChI is InChI=1S/C58H39NO/c1-5-17-41(18-6-1)57(42-19-7-2-8-20-42)52-27-15-13-25-48(52)50-32-29-46(38-54(50)57)59(45-31-34-56-40(37-45)35-36-60-56)47-30-33-51-49-26-14-16-28-53(49)58(55(51)39-47,43-21-9-3-10-22-43)44-23-11-4-12-24-44/h1-39H. The van der Waals surface area contributed by atoms with Crippen LogP contribution in [0, 0.1) is 0 Å². The Labute approximate surface area is 350 Å². The van der Waals surface area contributed by atoms with Gasteiger partial charge in [-0.05, 0) is 115 Å². The van der Waals surface area contributed by atoms with Gasteiger partial charge in [-0.25, -0.2) is 0 Å². The minimum Gasteiger partial charge on any atom is -0.464 e. The molecule has 0 N–H and O–H groups in total. The van der Waals surface area contributed by atoms with Crippen LogP contribution in [0.2, 0.25) is 0 Å². The predicted molar refractivity (Wildman–Crippen MR) is 246 cm³/mol. The van der Waals surface area contributed by atoms with Crippen LogP contribution in [0.5, 0.6) is 0 Å².